The zero-order chi connectivity index (χ0) is 15.2. The number of halogens is 1. The van der Waals surface area contributed by atoms with Gasteiger partial charge in [-0.05, 0) is 37.6 Å². The van der Waals surface area contributed by atoms with Crippen LogP contribution >= 0.6 is 11.6 Å². The molecule has 0 amide bonds. The van der Waals surface area contributed by atoms with Gasteiger partial charge >= 0.3 is 0 Å². The van der Waals surface area contributed by atoms with Crippen molar-refractivity contribution in [1.82, 2.24) is 9.44 Å². The minimum Gasteiger partial charge on any atom is -0.215 e. The van der Waals surface area contributed by atoms with Gasteiger partial charge in [-0.3, -0.25) is 0 Å². The monoisotopic (exact) mass is 340 g/mol. The molecule has 0 spiro atoms. The Balaban J connectivity index is 2.43. The molecule has 9 heteroatoms. The Morgan fingerprint density at radius 1 is 1.00 bits per heavy atom. The molecule has 0 fully saturated rings. The minimum absolute atomic E-state index is 0.00347. The normalized spacial score (nSPS) is 12.5. The van der Waals surface area contributed by atoms with Gasteiger partial charge in [0.2, 0.25) is 20.0 Å². The van der Waals surface area contributed by atoms with E-state index < -0.39 is 20.0 Å². The molecule has 0 radical (unpaired) electrons. The van der Waals surface area contributed by atoms with Crippen LogP contribution < -0.4 is 9.44 Å². The largest absolute Gasteiger partial charge is 0.240 e. The highest BCUT2D eigenvalue weighted by molar-refractivity contribution is 7.89. The molecule has 0 saturated heterocycles. The van der Waals surface area contributed by atoms with Gasteiger partial charge < -0.3 is 0 Å². The minimum atomic E-state index is -3.58. The van der Waals surface area contributed by atoms with Crippen LogP contribution in [0.5, 0.6) is 0 Å². The fraction of sp³-hybridized carbons (Fsp3) is 0.455. The average Bonchev–Trinajstić information content (AvgIpc) is 2.38. The van der Waals surface area contributed by atoms with Crippen LogP contribution in [0.15, 0.2) is 29.2 Å². The fourth-order valence-corrected chi connectivity index (χ4v) is 3.18. The van der Waals surface area contributed by atoms with Gasteiger partial charge in [-0.25, -0.2) is 26.3 Å². The summed E-state index contributed by atoms with van der Waals surface area (Å²) in [5.41, 5.74) is 0. The van der Waals surface area contributed by atoms with E-state index in [4.69, 9.17) is 11.6 Å². The lowest BCUT2D eigenvalue weighted by atomic mass is 10.4. The van der Waals surface area contributed by atoms with Gasteiger partial charge in [0, 0.05) is 18.1 Å². The molecule has 0 unspecified atom stereocenters. The molecule has 1 aromatic rings. The van der Waals surface area contributed by atoms with Crippen LogP contribution in [0.25, 0.3) is 0 Å². The predicted molar refractivity (Wildman–Crippen MR) is 78.7 cm³/mol. The van der Waals surface area contributed by atoms with Crippen LogP contribution in [-0.4, -0.2) is 35.7 Å². The molecular weight excluding hydrogens is 324 g/mol. The Morgan fingerprint density at radius 2 is 1.55 bits per heavy atom. The maximum atomic E-state index is 11.9. The molecule has 0 aliphatic rings. The van der Waals surface area contributed by atoms with Crippen molar-refractivity contribution in [2.75, 3.05) is 18.8 Å². The summed E-state index contributed by atoms with van der Waals surface area (Å²) < 4.78 is 50.8. The van der Waals surface area contributed by atoms with Gasteiger partial charge in [0.1, 0.15) is 0 Å². The Hall–Kier alpha value is -0.670. The molecule has 20 heavy (non-hydrogen) atoms. The molecule has 1 aromatic carbocycles. The van der Waals surface area contributed by atoms with Crippen molar-refractivity contribution in [2.45, 2.75) is 18.2 Å². The predicted octanol–water partition coefficient (Wildman–Crippen LogP) is 0.948. The van der Waals surface area contributed by atoms with Crippen LogP contribution in [0.3, 0.4) is 0 Å². The summed E-state index contributed by atoms with van der Waals surface area (Å²) in [7, 11) is -6.82. The molecule has 0 heterocycles. The molecule has 0 atom stereocenters. The van der Waals surface area contributed by atoms with E-state index in [1.165, 1.54) is 31.2 Å². The smallest absolute Gasteiger partial charge is 0.215 e. The zero-order valence-electron chi connectivity index (χ0n) is 11.0. The standard InChI is InChI=1S/C11H17ClN2O4S2/c1-2-19(15,16)13-8-3-9-14-20(17,18)11-6-4-10(12)5-7-11/h4-7,13-14H,2-3,8-9H2,1H3. The number of rotatable bonds is 8. The Bertz CT molecular complexity index is 627. The lowest BCUT2D eigenvalue weighted by Gasteiger charge is -2.07. The van der Waals surface area contributed by atoms with E-state index in [0.29, 0.717) is 11.4 Å². The molecule has 114 valence electrons. The van der Waals surface area contributed by atoms with E-state index in [1.807, 2.05) is 0 Å². The second-order valence-corrected chi connectivity index (χ2v) is 8.30. The average molecular weight is 341 g/mol. The summed E-state index contributed by atoms with van der Waals surface area (Å²) in [4.78, 5) is 0.121. The van der Waals surface area contributed by atoms with Gasteiger partial charge in [0.05, 0.1) is 10.6 Å². The molecule has 0 aliphatic heterocycles. The summed E-state index contributed by atoms with van der Waals surface area (Å²) in [6.45, 7) is 1.88. The van der Waals surface area contributed by atoms with Crippen molar-refractivity contribution in [3.63, 3.8) is 0 Å². The first kappa shape index (κ1) is 17.4. The molecule has 0 aliphatic carbocycles. The molecule has 6 nitrogen and oxygen atoms in total. The van der Waals surface area contributed by atoms with Crippen LogP contribution in [0.4, 0.5) is 0 Å². The molecular formula is C11H17ClN2O4S2. The fourth-order valence-electron chi connectivity index (χ4n) is 1.32. The maximum Gasteiger partial charge on any atom is 0.240 e. The number of hydrogen-bond acceptors (Lipinski definition) is 4. The third-order valence-corrected chi connectivity index (χ3v) is 5.60. The number of sulfonamides is 2. The van der Waals surface area contributed by atoms with Crippen molar-refractivity contribution >= 4 is 31.6 Å². The SMILES string of the molecule is CCS(=O)(=O)NCCCNS(=O)(=O)c1ccc(Cl)cc1. The third kappa shape index (κ3) is 5.76. The number of benzene rings is 1. The molecule has 2 N–H and O–H groups in total. The lowest BCUT2D eigenvalue weighted by molar-refractivity contribution is 0.573. The van der Waals surface area contributed by atoms with E-state index in [9.17, 15) is 16.8 Å². The number of nitrogens with one attached hydrogen (secondary N) is 2. The summed E-state index contributed by atoms with van der Waals surface area (Å²) in [5, 5.41) is 0.456. The molecule has 1 rings (SSSR count). The van der Waals surface area contributed by atoms with Crippen molar-refractivity contribution in [1.29, 1.82) is 0 Å². The lowest BCUT2D eigenvalue weighted by Crippen LogP contribution is -2.30. The van der Waals surface area contributed by atoms with Gasteiger partial charge in [-0.2, -0.15) is 0 Å². The highest BCUT2D eigenvalue weighted by atomic mass is 35.5. The molecule has 0 saturated carbocycles. The van der Waals surface area contributed by atoms with Gasteiger partial charge in [0.15, 0.2) is 0 Å². The van der Waals surface area contributed by atoms with E-state index in [1.54, 1.807) is 0 Å². The molecule has 0 bridgehead atoms. The second-order valence-electron chi connectivity index (χ2n) is 4.00. The van der Waals surface area contributed by atoms with E-state index >= 15 is 0 Å². The highest BCUT2D eigenvalue weighted by Crippen LogP contribution is 2.13. The van der Waals surface area contributed by atoms with Gasteiger partial charge in [-0.1, -0.05) is 11.6 Å². The first-order chi connectivity index (χ1) is 9.27. The summed E-state index contributed by atoms with van der Waals surface area (Å²) >= 11 is 5.68. The summed E-state index contributed by atoms with van der Waals surface area (Å²) in [6.07, 6.45) is 0.367. The van der Waals surface area contributed by atoms with Crippen molar-refractivity contribution in [3.05, 3.63) is 29.3 Å². The van der Waals surface area contributed by atoms with Crippen molar-refractivity contribution < 1.29 is 16.8 Å². The number of hydrogen-bond donors (Lipinski definition) is 2. The van der Waals surface area contributed by atoms with Gasteiger partial charge in [-0.15, -0.1) is 0 Å². The van der Waals surface area contributed by atoms with Crippen LogP contribution in [0.1, 0.15) is 13.3 Å². The van der Waals surface area contributed by atoms with Gasteiger partial charge in [0.25, 0.3) is 0 Å². The highest BCUT2D eigenvalue weighted by Gasteiger charge is 2.13. The van der Waals surface area contributed by atoms with E-state index in [2.05, 4.69) is 9.44 Å². The van der Waals surface area contributed by atoms with Crippen molar-refractivity contribution in [3.8, 4) is 0 Å². The van der Waals surface area contributed by atoms with Crippen molar-refractivity contribution in [2.24, 2.45) is 0 Å². The Labute approximate surface area is 124 Å². The maximum absolute atomic E-state index is 11.9. The summed E-state index contributed by atoms with van der Waals surface area (Å²) in [6, 6.07) is 5.80. The summed E-state index contributed by atoms with van der Waals surface area (Å²) in [5.74, 6) is 0.00347. The zero-order valence-corrected chi connectivity index (χ0v) is 13.4. The quantitative estimate of drug-likeness (QED) is 0.689. The molecule has 0 aromatic heterocycles. The van der Waals surface area contributed by atoms with Crippen LogP contribution in [0.2, 0.25) is 5.02 Å². The Morgan fingerprint density at radius 3 is 2.10 bits per heavy atom. The second kappa shape index (κ2) is 7.37. The van der Waals surface area contributed by atoms with Crippen LogP contribution in [0, 0.1) is 0 Å². The Kier molecular flexibility index (Phi) is 6.41. The van der Waals surface area contributed by atoms with Crippen LogP contribution in [-0.2, 0) is 20.0 Å². The third-order valence-electron chi connectivity index (χ3n) is 2.47. The van der Waals surface area contributed by atoms with E-state index in [0.717, 1.165) is 0 Å². The topological polar surface area (TPSA) is 92.3 Å². The first-order valence-corrected chi connectivity index (χ1v) is 9.51. The van der Waals surface area contributed by atoms with E-state index in [-0.39, 0.29) is 23.7 Å². The first-order valence-electron chi connectivity index (χ1n) is 5.99.